The van der Waals surface area contributed by atoms with Gasteiger partial charge in [0.2, 0.25) is 5.91 Å². The molecule has 0 saturated carbocycles. The summed E-state index contributed by atoms with van der Waals surface area (Å²) in [5.41, 5.74) is 2.73. The molecule has 1 heterocycles. The fraction of sp³-hybridized carbons (Fsp3) is 0.462. The van der Waals surface area contributed by atoms with Crippen molar-refractivity contribution in [1.82, 2.24) is 15.1 Å². The van der Waals surface area contributed by atoms with Gasteiger partial charge in [0.05, 0.1) is 0 Å². The molecule has 1 saturated heterocycles. The quantitative estimate of drug-likeness (QED) is 0.630. The smallest absolute Gasteiger partial charge is 0.251 e. The zero-order chi connectivity index (χ0) is 22.9. The van der Waals surface area contributed by atoms with Crippen LogP contribution in [0.2, 0.25) is 0 Å². The summed E-state index contributed by atoms with van der Waals surface area (Å²) in [7, 11) is 0. The molecule has 6 nitrogen and oxygen atoms in total. The normalized spacial score (nSPS) is 16.0. The van der Waals surface area contributed by atoms with Crippen LogP contribution in [-0.2, 0) is 16.1 Å². The molecule has 0 aliphatic carbocycles. The van der Waals surface area contributed by atoms with Crippen molar-refractivity contribution in [2.24, 2.45) is 5.92 Å². The summed E-state index contributed by atoms with van der Waals surface area (Å²) in [6, 6.07) is 16.7. The summed E-state index contributed by atoms with van der Waals surface area (Å²) in [5, 5.41) is 5.87. The van der Waals surface area contributed by atoms with Crippen LogP contribution in [0.1, 0.15) is 44.4 Å². The van der Waals surface area contributed by atoms with E-state index in [0.29, 0.717) is 6.42 Å². The fourth-order valence-electron chi connectivity index (χ4n) is 3.97. The van der Waals surface area contributed by atoms with Crippen LogP contribution in [0.15, 0.2) is 54.6 Å². The second kappa shape index (κ2) is 11.8. The van der Waals surface area contributed by atoms with Gasteiger partial charge in [-0.3, -0.25) is 14.5 Å². The number of hydrogen-bond acceptors (Lipinski definition) is 4. The van der Waals surface area contributed by atoms with E-state index in [1.54, 1.807) is 0 Å². The molecule has 2 amide bonds. The van der Waals surface area contributed by atoms with E-state index in [-0.39, 0.29) is 17.7 Å². The van der Waals surface area contributed by atoms with E-state index in [0.717, 1.165) is 50.5 Å². The number of rotatable bonds is 9. The highest BCUT2D eigenvalue weighted by Gasteiger charge is 2.23. The zero-order valence-corrected chi connectivity index (χ0v) is 19.5. The SMILES string of the molecule is CCN1CCN(Cc2ccc(NC(=O)C(NC(=O)CC(C)C)c3ccccc3)cc2)CC1. The molecule has 0 spiro atoms. The molecule has 172 valence electrons. The number of anilines is 1. The third kappa shape index (κ3) is 7.18. The number of likely N-dealkylation sites (N-methyl/N-ethyl adjacent to an activating group) is 1. The minimum atomic E-state index is -0.725. The molecular weight excluding hydrogens is 400 g/mol. The Morgan fingerprint density at radius 2 is 1.53 bits per heavy atom. The first-order valence-corrected chi connectivity index (χ1v) is 11.6. The summed E-state index contributed by atoms with van der Waals surface area (Å²) >= 11 is 0. The van der Waals surface area contributed by atoms with Crippen molar-refractivity contribution in [3.8, 4) is 0 Å². The lowest BCUT2D eigenvalue weighted by molar-refractivity contribution is -0.127. The molecule has 3 rings (SSSR count). The molecule has 0 radical (unpaired) electrons. The maximum absolute atomic E-state index is 13.1. The lowest BCUT2D eigenvalue weighted by Gasteiger charge is -2.34. The van der Waals surface area contributed by atoms with Crippen LogP contribution in [0, 0.1) is 5.92 Å². The highest BCUT2D eigenvalue weighted by Crippen LogP contribution is 2.18. The van der Waals surface area contributed by atoms with E-state index < -0.39 is 6.04 Å². The zero-order valence-electron chi connectivity index (χ0n) is 19.5. The van der Waals surface area contributed by atoms with Crippen LogP contribution in [-0.4, -0.2) is 54.3 Å². The van der Waals surface area contributed by atoms with Crippen LogP contribution in [0.5, 0.6) is 0 Å². The molecular formula is C26H36N4O2. The van der Waals surface area contributed by atoms with Gasteiger partial charge in [-0.1, -0.05) is 63.2 Å². The first-order chi connectivity index (χ1) is 15.4. The topological polar surface area (TPSA) is 64.7 Å². The molecule has 0 bridgehead atoms. The Morgan fingerprint density at radius 3 is 2.12 bits per heavy atom. The number of benzene rings is 2. The molecule has 0 aromatic heterocycles. The highest BCUT2D eigenvalue weighted by molar-refractivity contribution is 5.97. The van der Waals surface area contributed by atoms with E-state index in [2.05, 4.69) is 39.5 Å². The number of piperazine rings is 1. The average Bonchev–Trinajstić information content (AvgIpc) is 2.79. The molecule has 2 N–H and O–H groups in total. The molecule has 32 heavy (non-hydrogen) atoms. The van der Waals surface area contributed by atoms with E-state index in [1.807, 2.05) is 56.3 Å². The van der Waals surface area contributed by atoms with Gasteiger partial charge in [-0.25, -0.2) is 0 Å². The summed E-state index contributed by atoms with van der Waals surface area (Å²) < 4.78 is 0. The fourth-order valence-corrected chi connectivity index (χ4v) is 3.97. The predicted molar refractivity (Wildman–Crippen MR) is 129 cm³/mol. The van der Waals surface area contributed by atoms with Crippen molar-refractivity contribution in [2.75, 3.05) is 38.0 Å². The van der Waals surface area contributed by atoms with E-state index in [4.69, 9.17) is 0 Å². The minimum absolute atomic E-state index is 0.123. The van der Waals surface area contributed by atoms with Crippen molar-refractivity contribution in [3.05, 3.63) is 65.7 Å². The van der Waals surface area contributed by atoms with Gasteiger partial charge < -0.3 is 15.5 Å². The maximum atomic E-state index is 13.1. The van der Waals surface area contributed by atoms with Gasteiger partial charge in [0.1, 0.15) is 6.04 Å². The summed E-state index contributed by atoms with van der Waals surface area (Å²) in [4.78, 5) is 30.4. The van der Waals surface area contributed by atoms with E-state index in [9.17, 15) is 9.59 Å². The number of nitrogens with one attached hydrogen (secondary N) is 2. The summed E-state index contributed by atoms with van der Waals surface area (Å²) in [5.74, 6) is -0.133. The van der Waals surface area contributed by atoms with Gasteiger partial charge in [-0.05, 0) is 35.7 Å². The Labute approximate surface area is 192 Å². The lowest BCUT2D eigenvalue weighted by atomic mass is 10.0. The van der Waals surface area contributed by atoms with Gasteiger partial charge in [0.15, 0.2) is 0 Å². The van der Waals surface area contributed by atoms with Crippen molar-refractivity contribution in [3.63, 3.8) is 0 Å². The molecule has 1 aliphatic rings. The number of nitrogens with zero attached hydrogens (tertiary/aromatic N) is 2. The van der Waals surface area contributed by atoms with Crippen LogP contribution < -0.4 is 10.6 Å². The molecule has 1 atom stereocenters. The Kier molecular flexibility index (Phi) is 8.82. The molecule has 2 aromatic carbocycles. The highest BCUT2D eigenvalue weighted by atomic mass is 16.2. The monoisotopic (exact) mass is 436 g/mol. The van der Waals surface area contributed by atoms with Gasteiger partial charge in [-0.2, -0.15) is 0 Å². The molecule has 1 fully saturated rings. The Balaban J connectivity index is 1.61. The van der Waals surface area contributed by atoms with Crippen LogP contribution >= 0.6 is 0 Å². The van der Waals surface area contributed by atoms with Crippen molar-refractivity contribution in [1.29, 1.82) is 0 Å². The summed E-state index contributed by atoms with van der Waals surface area (Å²) in [6.07, 6.45) is 0.387. The van der Waals surface area contributed by atoms with Gasteiger partial charge in [0.25, 0.3) is 5.91 Å². The number of hydrogen-bond donors (Lipinski definition) is 2. The largest absolute Gasteiger partial charge is 0.341 e. The molecule has 1 unspecified atom stereocenters. The van der Waals surface area contributed by atoms with E-state index >= 15 is 0 Å². The van der Waals surface area contributed by atoms with Gasteiger partial charge in [-0.15, -0.1) is 0 Å². The molecule has 6 heteroatoms. The minimum Gasteiger partial charge on any atom is -0.341 e. The Bertz CT molecular complexity index is 859. The number of carbonyl (C=O) groups excluding carboxylic acids is 2. The van der Waals surface area contributed by atoms with E-state index in [1.165, 1.54) is 5.56 Å². The number of carbonyl (C=O) groups is 2. The van der Waals surface area contributed by atoms with Gasteiger partial charge in [0, 0.05) is 44.8 Å². The average molecular weight is 437 g/mol. The second-order valence-electron chi connectivity index (χ2n) is 8.91. The number of amides is 2. The van der Waals surface area contributed by atoms with Crippen LogP contribution in [0.4, 0.5) is 5.69 Å². The van der Waals surface area contributed by atoms with Crippen molar-refractivity contribution >= 4 is 17.5 Å². The van der Waals surface area contributed by atoms with Crippen molar-refractivity contribution < 1.29 is 9.59 Å². The third-order valence-electron chi connectivity index (χ3n) is 5.83. The van der Waals surface area contributed by atoms with Crippen molar-refractivity contribution in [2.45, 2.75) is 39.8 Å². The maximum Gasteiger partial charge on any atom is 0.251 e. The van der Waals surface area contributed by atoms with Crippen LogP contribution in [0.25, 0.3) is 0 Å². The first kappa shape index (κ1) is 24.0. The summed E-state index contributed by atoms with van der Waals surface area (Å²) in [6.45, 7) is 12.6. The van der Waals surface area contributed by atoms with Gasteiger partial charge >= 0.3 is 0 Å². The Morgan fingerprint density at radius 1 is 0.906 bits per heavy atom. The molecule has 1 aliphatic heterocycles. The Hall–Kier alpha value is -2.70. The first-order valence-electron chi connectivity index (χ1n) is 11.6. The third-order valence-corrected chi connectivity index (χ3v) is 5.83. The predicted octanol–water partition coefficient (Wildman–Crippen LogP) is 3.67. The second-order valence-corrected chi connectivity index (χ2v) is 8.91. The molecule has 2 aromatic rings. The lowest BCUT2D eigenvalue weighted by Crippen LogP contribution is -2.45. The standard InChI is InChI=1S/C26H36N4O2/c1-4-29-14-16-30(17-15-29)19-21-10-12-23(13-11-21)27-26(32)25(22-8-6-5-7-9-22)28-24(31)18-20(2)3/h5-13,20,25H,4,14-19H2,1-3H3,(H,27,32)(H,28,31). The van der Waals surface area contributed by atoms with Crippen LogP contribution in [0.3, 0.4) is 0 Å².